The molecule has 24 heavy (non-hydrogen) atoms. The van der Waals surface area contributed by atoms with Crippen LogP contribution in [0.15, 0.2) is 72.4 Å². The minimum absolute atomic E-state index is 0.0871. The summed E-state index contributed by atoms with van der Waals surface area (Å²) in [6.45, 7) is 1.97. The van der Waals surface area contributed by atoms with Crippen LogP contribution in [-0.4, -0.2) is 18.9 Å². The zero-order valence-electron chi connectivity index (χ0n) is 13.7. The summed E-state index contributed by atoms with van der Waals surface area (Å²) in [6, 6.07) is 16.9. The number of hydrogen-bond acceptors (Lipinski definition) is 4. The molecule has 0 unspecified atom stereocenters. The number of carbonyl (C=O) groups excluding carboxylic acids is 2. The molecule has 0 aliphatic rings. The average Bonchev–Trinajstić information content (AvgIpc) is 2.61. The van der Waals surface area contributed by atoms with Gasteiger partial charge in [0.25, 0.3) is 0 Å². The van der Waals surface area contributed by atoms with E-state index >= 15 is 0 Å². The van der Waals surface area contributed by atoms with Gasteiger partial charge in [-0.25, -0.2) is 4.79 Å². The molecule has 0 aromatic heterocycles. The summed E-state index contributed by atoms with van der Waals surface area (Å²) in [6.07, 6.45) is 4.33. The number of allylic oxidation sites excluding steroid dienone is 2. The number of benzene rings is 2. The quantitative estimate of drug-likeness (QED) is 0.650. The average molecular weight is 321 g/mol. The molecule has 4 nitrogen and oxygen atoms in total. The second-order valence-electron chi connectivity index (χ2n) is 5.19. The molecule has 122 valence electrons. The van der Waals surface area contributed by atoms with Crippen molar-refractivity contribution in [2.75, 3.05) is 12.4 Å². The van der Waals surface area contributed by atoms with E-state index in [1.54, 1.807) is 6.08 Å². The lowest BCUT2D eigenvalue weighted by Crippen LogP contribution is -2.14. The molecule has 2 rings (SSSR count). The second kappa shape index (κ2) is 8.48. The van der Waals surface area contributed by atoms with E-state index in [1.165, 1.54) is 19.3 Å². The van der Waals surface area contributed by atoms with E-state index < -0.39 is 5.97 Å². The maximum atomic E-state index is 12.1. The number of rotatable bonds is 6. The number of aryl methyl sites for hydroxylation is 1. The number of hydrogen-bond donors (Lipinski definition) is 1. The van der Waals surface area contributed by atoms with Crippen molar-refractivity contribution in [3.8, 4) is 0 Å². The molecule has 0 saturated carbocycles. The summed E-state index contributed by atoms with van der Waals surface area (Å²) in [5.74, 6) is -0.907. The van der Waals surface area contributed by atoms with Crippen LogP contribution in [0.4, 0.5) is 5.69 Å². The van der Waals surface area contributed by atoms with Crippen LogP contribution in [0.3, 0.4) is 0 Å². The van der Waals surface area contributed by atoms with Gasteiger partial charge < -0.3 is 10.1 Å². The van der Waals surface area contributed by atoms with Gasteiger partial charge in [-0.15, -0.1) is 0 Å². The highest BCUT2D eigenvalue weighted by Gasteiger charge is 2.11. The molecule has 0 heterocycles. The van der Waals surface area contributed by atoms with Crippen molar-refractivity contribution in [2.45, 2.75) is 6.92 Å². The summed E-state index contributed by atoms with van der Waals surface area (Å²) in [4.78, 5) is 23.9. The number of anilines is 1. The number of nitrogens with one attached hydrogen (secondary N) is 1. The molecule has 0 amide bonds. The molecule has 0 radical (unpaired) electrons. The van der Waals surface area contributed by atoms with Crippen molar-refractivity contribution in [3.05, 3.63) is 83.6 Å². The first kappa shape index (κ1) is 17.2. The number of carbonyl (C=O) groups is 2. The van der Waals surface area contributed by atoms with Crippen molar-refractivity contribution in [2.24, 2.45) is 0 Å². The Morgan fingerprint density at radius 3 is 2.29 bits per heavy atom. The molecule has 0 fully saturated rings. The molecular weight excluding hydrogens is 302 g/mol. The highest BCUT2D eigenvalue weighted by molar-refractivity contribution is 6.07. The fraction of sp³-hybridized carbons (Fsp3) is 0.100. The maximum absolute atomic E-state index is 12.1. The van der Waals surface area contributed by atoms with E-state index in [2.05, 4.69) is 5.32 Å². The monoisotopic (exact) mass is 321 g/mol. The van der Waals surface area contributed by atoms with Gasteiger partial charge in [-0.05, 0) is 30.7 Å². The van der Waals surface area contributed by atoms with Crippen LogP contribution in [0.5, 0.6) is 0 Å². The first-order chi connectivity index (χ1) is 11.6. The standard InChI is InChI=1S/C20H19NO3/c1-15-8-11-17(12-9-15)21-19(20(23)24-2)14-18(22)13-10-16-6-4-3-5-7-16/h3-14,21H,1-2H3. The third-order valence-corrected chi connectivity index (χ3v) is 3.26. The highest BCUT2D eigenvalue weighted by Crippen LogP contribution is 2.12. The van der Waals surface area contributed by atoms with Gasteiger partial charge in [0.1, 0.15) is 5.70 Å². The molecule has 1 N–H and O–H groups in total. The van der Waals surface area contributed by atoms with Crippen molar-refractivity contribution in [1.29, 1.82) is 0 Å². The van der Waals surface area contributed by atoms with Crippen molar-refractivity contribution in [3.63, 3.8) is 0 Å². The zero-order valence-corrected chi connectivity index (χ0v) is 13.7. The van der Waals surface area contributed by atoms with Crippen LogP contribution < -0.4 is 5.32 Å². The van der Waals surface area contributed by atoms with Crippen LogP contribution in [0, 0.1) is 6.92 Å². The Bertz CT molecular complexity index is 759. The minimum Gasteiger partial charge on any atom is -0.464 e. The predicted molar refractivity (Wildman–Crippen MR) is 95.4 cm³/mol. The van der Waals surface area contributed by atoms with Crippen LogP contribution in [0.2, 0.25) is 0 Å². The fourth-order valence-corrected chi connectivity index (χ4v) is 1.98. The Morgan fingerprint density at radius 1 is 1.00 bits per heavy atom. The zero-order chi connectivity index (χ0) is 17.4. The normalized spacial score (nSPS) is 11.3. The summed E-state index contributed by atoms with van der Waals surface area (Å²) in [5.41, 5.74) is 2.80. The summed E-state index contributed by atoms with van der Waals surface area (Å²) in [5, 5.41) is 2.92. The lowest BCUT2D eigenvalue weighted by atomic mass is 10.2. The van der Waals surface area contributed by atoms with Gasteiger partial charge >= 0.3 is 5.97 Å². The molecule has 2 aromatic rings. The molecule has 0 aliphatic heterocycles. The third kappa shape index (κ3) is 5.25. The number of methoxy groups -OCH3 is 1. The van der Waals surface area contributed by atoms with Crippen molar-refractivity contribution < 1.29 is 14.3 Å². The minimum atomic E-state index is -0.600. The Labute approximate surface area is 141 Å². The number of ether oxygens (including phenoxy) is 1. The topological polar surface area (TPSA) is 55.4 Å². The van der Waals surface area contributed by atoms with Gasteiger partial charge in [0.05, 0.1) is 7.11 Å². The Balaban J connectivity index is 2.15. The van der Waals surface area contributed by atoms with Gasteiger partial charge in [-0.2, -0.15) is 0 Å². The van der Waals surface area contributed by atoms with Gasteiger partial charge in [-0.3, -0.25) is 4.79 Å². The van der Waals surface area contributed by atoms with Crippen molar-refractivity contribution in [1.82, 2.24) is 0 Å². The Hall–Kier alpha value is -3.14. The molecule has 0 bridgehead atoms. The van der Waals surface area contributed by atoms with E-state index in [0.717, 1.165) is 11.1 Å². The van der Waals surface area contributed by atoms with E-state index in [9.17, 15) is 9.59 Å². The first-order valence-electron chi connectivity index (χ1n) is 7.49. The molecule has 0 aliphatic carbocycles. The predicted octanol–water partition coefficient (Wildman–Crippen LogP) is 3.75. The van der Waals surface area contributed by atoms with E-state index in [-0.39, 0.29) is 11.5 Å². The molecular formula is C20H19NO3. The summed E-state index contributed by atoms with van der Waals surface area (Å²) in [7, 11) is 1.28. The van der Waals surface area contributed by atoms with E-state index in [1.807, 2.05) is 61.5 Å². The molecule has 0 atom stereocenters. The van der Waals surface area contributed by atoms with E-state index in [4.69, 9.17) is 4.74 Å². The van der Waals surface area contributed by atoms with Gasteiger partial charge in [0.2, 0.25) is 0 Å². The van der Waals surface area contributed by atoms with Gasteiger partial charge in [0.15, 0.2) is 5.78 Å². The van der Waals surface area contributed by atoms with Gasteiger partial charge in [0, 0.05) is 11.8 Å². The van der Waals surface area contributed by atoms with Gasteiger partial charge in [-0.1, -0.05) is 54.1 Å². The highest BCUT2D eigenvalue weighted by atomic mass is 16.5. The lowest BCUT2D eigenvalue weighted by molar-refractivity contribution is -0.136. The molecule has 0 spiro atoms. The maximum Gasteiger partial charge on any atom is 0.354 e. The third-order valence-electron chi connectivity index (χ3n) is 3.26. The summed E-state index contributed by atoms with van der Waals surface area (Å²) >= 11 is 0. The molecule has 4 heteroatoms. The Morgan fingerprint density at radius 2 is 1.67 bits per heavy atom. The van der Waals surface area contributed by atoms with Crippen molar-refractivity contribution >= 4 is 23.5 Å². The Kier molecular flexibility index (Phi) is 6.08. The smallest absolute Gasteiger partial charge is 0.354 e. The van der Waals surface area contributed by atoms with Crippen LogP contribution in [-0.2, 0) is 14.3 Å². The summed E-state index contributed by atoms with van der Waals surface area (Å²) < 4.78 is 4.73. The van der Waals surface area contributed by atoms with Crippen LogP contribution in [0.25, 0.3) is 6.08 Å². The van der Waals surface area contributed by atoms with Crippen LogP contribution >= 0.6 is 0 Å². The number of ketones is 1. The van der Waals surface area contributed by atoms with E-state index in [0.29, 0.717) is 5.69 Å². The molecule has 0 saturated heterocycles. The first-order valence-corrected chi connectivity index (χ1v) is 7.49. The fourth-order valence-electron chi connectivity index (χ4n) is 1.98. The second-order valence-corrected chi connectivity index (χ2v) is 5.19. The SMILES string of the molecule is COC(=O)C(=CC(=O)C=Cc1ccccc1)Nc1ccc(C)cc1. The molecule has 2 aromatic carbocycles. The largest absolute Gasteiger partial charge is 0.464 e. The lowest BCUT2D eigenvalue weighted by Gasteiger charge is -2.09. The van der Waals surface area contributed by atoms with Crippen LogP contribution in [0.1, 0.15) is 11.1 Å². The number of esters is 1.